The van der Waals surface area contributed by atoms with Crippen molar-refractivity contribution in [3.63, 3.8) is 0 Å². The Morgan fingerprint density at radius 1 is 1.18 bits per heavy atom. The molecule has 2 rings (SSSR count). The van der Waals surface area contributed by atoms with Crippen molar-refractivity contribution < 1.29 is 4.74 Å². The van der Waals surface area contributed by atoms with Gasteiger partial charge in [0, 0.05) is 18.4 Å². The number of nitrogens with one attached hydrogen (secondary N) is 1. The molecule has 0 aliphatic carbocycles. The molecule has 1 N–H and O–H groups in total. The van der Waals surface area contributed by atoms with Gasteiger partial charge in [-0.15, -0.1) is 0 Å². The number of pyridine rings is 1. The number of ether oxygens (including phenoxy) is 1. The number of methoxy groups -OCH3 is 1. The third-order valence-electron chi connectivity index (χ3n) is 2.38. The number of halogens is 1. The summed E-state index contributed by atoms with van der Waals surface area (Å²) < 4.78 is 5.09. The summed E-state index contributed by atoms with van der Waals surface area (Å²) in [6.45, 7) is 0.719. The van der Waals surface area contributed by atoms with Gasteiger partial charge in [-0.1, -0.05) is 17.7 Å². The summed E-state index contributed by atoms with van der Waals surface area (Å²) in [6.07, 6.45) is 1.76. The van der Waals surface area contributed by atoms with E-state index in [4.69, 9.17) is 16.3 Å². The van der Waals surface area contributed by atoms with Gasteiger partial charge in [-0.25, -0.2) is 4.98 Å². The Bertz CT molecular complexity index is 468. The van der Waals surface area contributed by atoms with E-state index in [0.717, 1.165) is 23.5 Å². The van der Waals surface area contributed by atoms with Crippen LogP contribution in [0.3, 0.4) is 0 Å². The maximum absolute atomic E-state index is 5.72. The summed E-state index contributed by atoms with van der Waals surface area (Å²) in [5.74, 6) is 0.851. The molecule has 1 aromatic heterocycles. The molecule has 4 heteroatoms. The highest BCUT2D eigenvalue weighted by Crippen LogP contribution is 2.15. The standard InChI is InChI=1S/C13H13ClN2O/c1-17-12-5-3-11(4-6-12)15-8-10-2-7-13(14)16-9-10/h2-7,9,15H,8H2,1H3. The molecule has 0 aliphatic heterocycles. The quantitative estimate of drug-likeness (QED) is 0.843. The molecule has 0 aliphatic rings. The van der Waals surface area contributed by atoms with Crippen LogP contribution in [0.4, 0.5) is 5.69 Å². The van der Waals surface area contributed by atoms with E-state index in [1.165, 1.54) is 0 Å². The molecule has 0 fully saturated rings. The zero-order valence-electron chi connectivity index (χ0n) is 9.48. The third kappa shape index (κ3) is 3.36. The van der Waals surface area contributed by atoms with E-state index in [2.05, 4.69) is 10.3 Å². The smallest absolute Gasteiger partial charge is 0.129 e. The zero-order valence-corrected chi connectivity index (χ0v) is 10.2. The monoisotopic (exact) mass is 248 g/mol. The second-order valence-electron chi connectivity index (χ2n) is 3.57. The molecule has 2 aromatic rings. The van der Waals surface area contributed by atoms with Crippen LogP contribution in [0, 0.1) is 0 Å². The molecule has 17 heavy (non-hydrogen) atoms. The average molecular weight is 249 g/mol. The summed E-state index contributed by atoms with van der Waals surface area (Å²) in [6, 6.07) is 11.5. The molecule has 0 saturated heterocycles. The number of benzene rings is 1. The van der Waals surface area contributed by atoms with Crippen LogP contribution in [-0.4, -0.2) is 12.1 Å². The van der Waals surface area contributed by atoms with E-state index in [1.54, 1.807) is 19.4 Å². The fourth-order valence-corrected chi connectivity index (χ4v) is 1.54. The predicted molar refractivity (Wildman–Crippen MR) is 69.6 cm³/mol. The van der Waals surface area contributed by atoms with Crippen molar-refractivity contribution in [3.05, 3.63) is 53.3 Å². The molecule has 1 heterocycles. The Hall–Kier alpha value is -1.74. The molecule has 0 bridgehead atoms. The molecule has 0 unspecified atom stereocenters. The van der Waals surface area contributed by atoms with Gasteiger partial charge in [-0.2, -0.15) is 0 Å². The lowest BCUT2D eigenvalue weighted by Gasteiger charge is -2.07. The van der Waals surface area contributed by atoms with Gasteiger partial charge in [-0.3, -0.25) is 0 Å². The number of nitrogens with zero attached hydrogens (tertiary/aromatic N) is 1. The van der Waals surface area contributed by atoms with Crippen LogP contribution in [0.2, 0.25) is 5.15 Å². The van der Waals surface area contributed by atoms with Gasteiger partial charge in [0.25, 0.3) is 0 Å². The second-order valence-corrected chi connectivity index (χ2v) is 3.96. The van der Waals surface area contributed by atoms with E-state index in [1.807, 2.05) is 30.3 Å². The van der Waals surface area contributed by atoms with Gasteiger partial charge in [0.05, 0.1) is 7.11 Å². The maximum Gasteiger partial charge on any atom is 0.129 e. The van der Waals surface area contributed by atoms with Crippen molar-refractivity contribution in [2.75, 3.05) is 12.4 Å². The van der Waals surface area contributed by atoms with Gasteiger partial charge >= 0.3 is 0 Å². The Morgan fingerprint density at radius 3 is 2.53 bits per heavy atom. The molecule has 1 aromatic carbocycles. The Kier molecular flexibility index (Phi) is 3.83. The minimum absolute atomic E-state index is 0.512. The number of hydrogen-bond acceptors (Lipinski definition) is 3. The maximum atomic E-state index is 5.72. The summed E-state index contributed by atoms with van der Waals surface area (Å²) in [4.78, 5) is 4.02. The van der Waals surface area contributed by atoms with Crippen LogP contribution in [-0.2, 0) is 6.54 Å². The highest BCUT2D eigenvalue weighted by atomic mass is 35.5. The fourth-order valence-electron chi connectivity index (χ4n) is 1.42. The van der Waals surface area contributed by atoms with E-state index in [0.29, 0.717) is 5.15 Å². The molecule has 0 atom stereocenters. The van der Waals surface area contributed by atoms with Crippen LogP contribution in [0.1, 0.15) is 5.56 Å². The summed E-state index contributed by atoms with van der Waals surface area (Å²) in [7, 11) is 1.65. The van der Waals surface area contributed by atoms with Crippen molar-refractivity contribution in [2.24, 2.45) is 0 Å². The molecule has 0 amide bonds. The van der Waals surface area contributed by atoms with Crippen molar-refractivity contribution >= 4 is 17.3 Å². The highest BCUT2D eigenvalue weighted by Gasteiger charge is 1.96. The lowest BCUT2D eigenvalue weighted by molar-refractivity contribution is 0.415. The van der Waals surface area contributed by atoms with Crippen LogP contribution in [0.25, 0.3) is 0 Å². The zero-order chi connectivity index (χ0) is 12.1. The topological polar surface area (TPSA) is 34.1 Å². The molecule has 0 spiro atoms. The Morgan fingerprint density at radius 2 is 1.94 bits per heavy atom. The molecular weight excluding hydrogens is 236 g/mol. The normalized spacial score (nSPS) is 10.0. The van der Waals surface area contributed by atoms with Gasteiger partial charge in [0.15, 0.2) is 0 Å². The van der Waals surface area contributed by atoms with E-state index in [-0.39, 0.29) is 0 Å². The third-order valence-corrected chi connectivity index (χ3v) is 2.60. The van der Waals surface area contributed by atoms with E-state index >= 15 is 0 Å². The van der Waals surface area contributed by atoms with Crippen LogP contribution >= 0.6 is 11.6 Å². The van der Waals surface area contributed by atoms with Crippen molar-refractivity contribution in [1.82, 2.24) is 4.98 Å². The first kappa shape index (κ1) is 11.7. The van der Waals surface area contributed by atoms with Crippen molar-refractivity contribution in [3.8, 4) is 5.75 Å². The lowest BCUT2D eigenvalue weighted by atomic mass is 10.2. The number of rotatable bonds is 4. The first-order valence-electron chi connectivity index (χ1n) is 5.26. The van der Waals surface area contributed by atoms with Crippen molar-refractivity contribution in [1.29, 1.82) is 0 Å². The largest absolute Gasteiger partial charge is 0.497 e. The molecule has 3 nitrogen and oxygen atoms in total. The van der Waals surface area contributed by atoms with Gasteiger partial charge in [-0.05, 0) is 35.9 Å². The summed E-state index contributed by atoms with van der Waals surface area (Å²) in [5.41, 5.74) is 2.13. The van der Waals surface area contributed by atoms with Crippen LogP contribution in [0.15, 0.2) is 42.6 Å². The predicted octanol–water partition coefficient (Wildman–Crippen LogP) is 3.36. The van der Waals surface area contributed by atoms with Crippen LogP contribution in [0.5, 0.6) is 5.75 Å². The number of aromatic nitrogens is 1. The summed E-state index contributed by atoms with van der Waals surface area (Å²) >= 11 is 5.72. The minimum Gasteiger partial charge on any atom is -0.497 e. The molecule has 88 valence electrons. The van der Waals surface area contributed by atoms with Gasteiger partial charge in [0.1, 0.15) is 10.9 Å². The SMILES string of the molecule is COc1ccc(NCc2ccc(Cl)nc2)cc1. The van der Waals surface area contributed by atoms with E-state index < -0.39 is 0 Å². The lowest BCUT2D eigenvalue weighted by Crippen LogP contribution is -1.99. The first-order chi connectivity index (χ1) is 8.28. The first-order valence-corrected chi connectivity index (χ1v) is 5.64. The minimum atomic E-state index is 0.512. The Labute approximate surface area is 105 Å². The molecular formula is C13H13ClN2O. The van der Waals surface area contributed by atoms with Gasteiger partial charge in [0.2, 0.25) is 0 Å². The van der Waals surface area contributed by atoms with Gasteiger partial charge < -0.3 is 10.1 Å². The van der Waals surface area contributed by atoms with Crippen molar-refractivity contribution in [2.45, 2.75) is 6.54 Å². The summed E-state index contributed by atoms with van der Waals surface area (Å²) in [5, 5.41) is 3.81. The van der Waals surface area contributed by atoms with E-state index in [9.17, 15) is 0 Å². The highest BCUT2D eigenvalue weighted by molar-refractivity contribution is 6.29. The molecule has 0 radical (unpaired) electrons. The fraction of sp³-hybridized carbons (Fsp3) is 0.154. The second kappa shape index (κ2) is 5.55. The average Bonchev–Trinajstić information content (AvgIpc) is 2.39. The van der Waals surface area contributed by atoms with Crippen LogP contribution < -0.4 is 10.1 Å². The molecule has 0 saturated carbocycles. The number of anilines is 1. The number of hydrogen-bond donors (Lipinski definition) is 1. The Balaban J connectivity index is 1.95.